The van der Waals surface area contributed by atoms with Gasteiger partial charge in [0, 0.05) is 9.69 Å². The highest BCUT2D eigenvalue weighted by Gasteiger charge is 1.95. The Morgan fingerprint density at radius 3 is 3.14 bits per heavy atom. The van der Waals surface area contributed by atoms with E-state index in [1.54, 1.807) is 0 Å². The first-order valence-corrected chi connectivity index (χ1v) is 1.47. The fraction of sp³-hybridized carbons (Fsp3) is 0.400. The predicted octanol–water partition coefficient (Wildman–Crippen LogP) is 0.736. The Labute approximate surface area is 51.2 Å². The van der Waals surface area contributed by atoms with E-state index in [0.717, 1.165) is 0 Å². The summed E-state index contributed by atoms with van der Waals surface area (Å²) in [6.45, 7) is 0.203. The first-order valence-electron chi connectivity index (χ1n) is 4.47. The van der Waals surface area contributed by atoms with E-state index < -0.39 is 25.4 Å². The van der Waals surface area contributed by atoms with Gasteiger partial charge in [-0.2, -0.15) is 0 Å². The van der Waals surface area contributed by atoms with E-state index in [4.69, 9.17) is 8.22 Å². The highest BCUT2D eigenvalue weighted by atomic mass is 16.5. The van der Waals surface area contributed by atoms with Gasteiger partial charge in [-0.15, -0.1) is 0 Å². The zero-order valence-electron chi connectivity index (χ0n) is 9.52. The first kappa shape index (κ1) is 1.34. The molecule has 0 aromatic rings. The number of esters is 1. The Kier molecular flexibility index (Phi) is 0.459. The van der Waals surface area contributed by atoms with E-state index in [-0.39, 0.29) is 0 Å². The molecule has 0 radical (unpaired) electrons. The summed E-state index contributed by atoms with van der Waals surface area (Å²) in [5.74, 6) is -1.43. The molecule has 0 aliphatic rings. The van der Waals surface area contributed by atoms with Crippen LogP contribution in [0, 0.1) is 0 Å². The van der Waals surface area contributed by atoms with Crippen molar-refractivity contribution in [1.29, 1.82) is 0 Å². The summed E-state index contributed by atoms with van der Waals surface area (Å²) in [6.07, 6.45) is 0. The Bertz CT molecular complexity index is 224. The summed E-state index contributed by atoms with van der Waals surface area (Å²) in [5.41, 5.74) is -0.844. The summed E-state index contributed by atoms with van der Waals surface area (Å²) in [4.78, 5) is 10.8. The lowest BCUT2D eigenvalue weighted by Gasteiger charge is -1.91. The Morgan fingerprint density at radius 2 is 2.71 bits per heavy atom. The normalized spacial score (nSPS) is 24.0. The van der Waals surface area contributed by atoms with Crippen molar-refractivity contribution in [2.75, 3.05) is 7.04 Å². The summed E-state index contributed by atoms with van der Waals surface area (Å²) < 4.78 is 43.6. The number of carbonyl (C=O) groups is 1. The quantitative estimate of drug-likeness (QED) is 0.364. The third-order valence-corrected chi connectivity index (χ3v) is 0.339. The molecule has 0 atom stereocenters. The minimum Gasteiger partial charge on any atom is -0.466 e. The Morgan fingerprint density at radius 1 is 2.00 bits per heavy atom. The predicted molar refractivity (Wildman–Crippen MR) is 26.8 cm³/mol. The molecule has 0 rings (SSSR count). The van der Waals surface area contributed by atoms with Crippen molar-refractivity contribution in [3.8, 4) is 0 Å². The summed E-state index contributed by atoms with van der Waals surface area (Å²) in [6, 6.07) is 0. The van der Waals surface area contributed by atoms with Crippen LogP contribution < -0.4 is 0 Å². The van der Waals surface area contributed by atoms with Crippen LogP contribution >= 0.6 is 0 Å². The zero-order chi connectivity index (χ0) is 10.9. The van der Waals surface area contributed by atoms with Crippen LogP contribution in [0.5, 0.6) is 0 Å². The van der Waals surface area contributed by atoms with Gasteiger partial charge in [-0.3, -0.25) is 0 Å². The molecule has 0 aliphatic carbocycles. The first-order chi connectivity index (χ1) is 5.54. The van der Waals surface area contributed by atoms with E-state index in [0.29, 0.717) is 0 Å². The zero-order valence-corrected chi connectivity index (χ0v) is 3.52. The molecule has 0 saturated heterocycles. The number of rotatable bonds is 1. The molecule has 0 aromatic heterocycles. The molecule has 0 unspecified atom stereocenters. The van der Waals surface area contributed by atoms with E-state index in [9.17, 15) is 4.79 Å². The van der Waals surface area contributed by atoms with Gasteiger partial charge in [0.15, 0.2) is 0 Å². The monoisotopic (exact) mass is 106 g/mol. The highest BCUT2D eigenvalue weighted by Crippen LogP contribution is 1.87. The third kappa shape index (κ3) is 1.98. The van der Waals surface area contributed by atoms with Gasteiger partial charge in [0.05, 0.1) is 11.2 Å². The SMILES string of the molecule is [2H]C([2H])([2H])OC(=O)C(=C)C([2H])([2H])[2H]. The lowest BCUT2D eigenvalue weighted by molar-refractivity contribution is -0.135. The molecule has 0 amide bonds. The molecule has 2 heteroatoms. The van der Waals surface area contributed by atoms with Crippen LogP contribution in [-0.4, -0.2) is 13.0 Å². The summed E-state index contributed by atoms with van der Waals surface area (Å²) in [7, 11) is -2.94. The third-order valence-electron chi connectivity index (χ3n) is 0.339. The molecular formula is C5H8O2. The molecule has 2 nitrogen and oxygen atoms in total. The average molecular weight is 106 g/mol. The lowest BCUT2D eigenvalue weighted by Crippen LogP contribution is -1.98. The largest absolute Gasteiger partial charge is 0.466 e. The standard InChI is InChI=1S/C5H8O2/c1-4(2)5(6)7-3/h1H2,2-3H3/i2D3,3D3. The minimum absolute atomic E-state index is 0.844. The van der Waals surface area contributed by atoms with Crippen molar-refractivity contribution in [3.05, 3.63) is 12.2 Å². The van der Waals surface area contributed by atoms with Crippen LogP contribution in [0.4, 0.5) is 0 Å². The van der Waals surface area contributed by atoms with Gasteiger partial charge in [0.2, 0.25) is 0 Å². The van der Waals surface area contributed by atoms with Crippen LogP contribution in [0.25, 0.3) is 0 Å². The number of ether oxygens (including phenoxy) is 1. The summed E-state index contributed by atoms with van der Waals surface area (Å²) in [5, 5.41) is 0. The second kappa shape index (κ2) is 2.39. The van der Waals surface area contributed by atoms with Crippen molar-refractivity contribution in [2.45, 2.75) is 6.85 Å². The molecule has 0 bridgehead atoms. The molecule has 0 aromatic carbocycles. The molecule has 0 fully saturated rings. The molecule has 0 saturated carbocycles. The molecule has 40 valence electrons. The van der Waals surface area contributed by atoms with E-state index in [1.807, 2.05) is 0 Å². The van der Waals surface area contributed by atoms with Gasteiger partial charge in [0.1, 0.15) is 0 Å². The lowest BCUT2D eigenvalue weighted by atomic mass is 10.4. The number of hydrogen-bond acceptors (Lipinski definition) is 2. The fourth-order valence-electron chi connectivity index (χ4n) is 0.0616. The van der Waals surface area contributed by atoms with Gasteiger partial charge < -0.3 is 4.74 Å². The van der Waals surface area contributed by atoms with Gasteiger partial charge >= 0.3 is 5.97 Å². The molecule has 7 heavy (non-hydrogen) atoms. The second-order valence-corrected chi connectivity index (χ2v) is 0.868. The van der Waals surface area contributed by atoms with E-state index in [2.05, 4.69) is 11.3 Å². The summed E-state index contributed by atoms with van der Waals surface area (Å²) >= 11 is 0. The molecule has 0 aliphatic heterocycles. The van der Waals surface area contributed by atoms with Crippen molar-refractivity contribution in [1.82, 2.24) is 0 Å². The smallest absolute Gasteiger partial charge is 0.332 e. The van der Waals surface area contributed by atoms with Crippen LogP contribution in [0.3, 0.4) is 0 Å². The molecule has 0 spiro atoms. The molecular weight excluding hydrogens is 92.1 g/mol. The van der Waals surface area contributed by atoms with Crippen LogP contribution in [-0.2, 0) is 9.53 Å². The van der Waals surface area contributed by atoms with Crippen LogP contribution in [0.2, 0.25) is 0 Å². The number of methoxy groups -OCH3 is 1. The van der Waals surface area contributed by atoms with Crippen molar-refractivity contribution in [2.24, 2.45) is 0 Å². The molecule has 0 heterocycles. The Hall–Kier alpha value is -0.790. The van der Waals surface area contributed by atoms with Crippen molar-refractivity contribution < 1.29 is 17.8 Å². The van der Waals surface area contributed by atoms with Gasteiger partial charge in [-0.25, -0.2) is 4.79 Å². The van der Waals surface area contributed by atoms with E-state index in [1.165, 1.54) is 0 Å². The molecule has 0 N–H and O–H groups in total. The number of hydrogen-bond donors (Lipinski definition) is 0. The Balaban J connectivity index is 4.40. The number of carbonyl (C=O) groups excluding carboxylic acids is 1. The van der Waals surface area contributed by atoms with E-state index >= 15 is 0 Å². The maximum atomic E-state index is 10.8. The highest BCUT2D eigenvalue weighted by molar-refractivity contribution is 5.86. The average Bonchev–Trinajstić information content (AvgIpc) is 1.79. The second-order valence-electron chi connectivity index (χ2n) is 0.868. The van der Waals surface area contributed by atoms with Gasteiger partial charge in [-0.05, 0) is 6.85 Å². The van der Waals surface area contributed by atoms with Crippen LogP contribution in [0.1, 0.15) is 15.1 Å². The van der Waals surface area contributed by atoms with Gasteiger partial charge in [0.25, 0.3) is 0 Å². The fourth-order valence-corrected chi connectivity index (χ4v) is 0.0616. The van der Waals surface area contributed by atoms with Crippen molar-refractivity contribution >= 4 is 5.97 Å². The minimum atomic E-state index is -2.94. The maximum Gasteiger partial charge on any atom is 0.332 e. The van der Waals surface area contributed by atoms with Crippen LogP contribution in [0.15, 0.2) is 12.2 Å². The van der Waals surface area contributed by atoms with Gasteiger partial charge in [-0.1, -0.05) is 6.58 Å². The topological polar surface area (TPSA) is 26.3 Å². The maximum absolute atomic E-state index is 10.8. The van der Waals surface area contributed by atoms with Crippen molar-refractivity contribution in [3.63, 3.8) is 0 Å².